The number of fused-ring (bicyclic) bond motifs is 1. The molecule has 2 fully saturated rings. The highest BCUT2D eigenvalue weighted by Gasteiger charge is 2.39. The van der Waals surface area contributed by atoms with Gasteiger partial charge in [0.15, 0.2) is 9.84 Å². The van der Waals surface area contributed by atoms with Crippen LogP contribution in [0.25, 0.3) is 6.08 Å². The van der Waals surface area contributed by atoms with E-state index in [9.17, 15) is 28.2 Å². The summed E-state index contributed by atoms with van der Waals surface area (Å²) in [5, 5.41) is 25.3. The van der Waals surface area contributed by atoms with Crippen LogP contribution in [0.4, 0.5) is 4.79 Å². The molecule has 1 aliphatic carbocycles. The van der Waals surface area contributed by atoms with Gasteiger partial charge in [-0.05, 0) is 53.6 Å². The zero-order valence-corrected chi connectivity index (χ0v) is 31.3. The van der Waals surface area contributed by atoms with Gasteiger partial charge in [0.2, 0.25) is 11.3 Å². The standard InChI is InChI=1S/C41H51N3O9S/c45-36(19-16-30-8-2-1-3-9-30)35(42-41(48)53-39-13-7-27-54(39,49)50)29-38(47)44(40-34-12-5-4-11-32(34)28-37(40)46)20-6-10-31-14-17-33(18-15-31)52-26-23-43-21-24-51-25-22-43/h1-6,8-12,14-15,17-18,35-37,39-40,45-46H,7,13,16,19-29H2,(H,42,48)/t35-,36-,37+,39?,40-/m0/s1. The zero-order chi connectivity index (χ0) is 37.9. The highest BCUT2D eigenvalue weighted by atomic mass is 32.2. The van der Waals surface area contributed by atoms with Crippen molar-refractivity contribution in [3.8, 4) is 5.75 Å². The first-order chi connectivity index (χ1) is 26.2. The molecule has 0 saturated carbocycles. The van der Waals surface area contributed by atoms with E-state index in [4.69, 9.17) is 14.2 Å². The highest BCUT2D eigenvalue weighted by molar-refractivity contribution is 7.92. The molecular weight excluding hydrogens is 711 g/mol. The molecule has 12 nitrogen and oxygen atoms in total. The molecule has 0 bridgehead atoms. The molecule has 3 N–H and O–H groups in total. The highest BCUT2D eigenvalue weighted by Crippen LogP contribution is 2.36. The Kier molecular flexibility index (Phi) is 13.8. The van der Waals surface area contributed by atoms with Crippen LogP contribution in [0.15, 0.2) is 84.9 Å². The van der Waals surface area contributed by atoms with E-state index < -0.39 is 51.6 Å². The molecule has 2 saturated heterocycles. The van der Waals surface area contributed by atoms with Crippen LogP contribution in [0.3, 0.4) is 0 Å². The van der Waals surface area contributed by atoms with Crippen LogP contribution >= 0.6 is 0 Å². The maximum Gasteiger partial charge on any atom is 0.408 e. The Morgan fingerprint density at radius 2 is 1.76 bits per heavy atom. The number of amides is 2. The van der Waals surface area contributed by atoms with E-state index in [0.717, 1.165) is 60.9 Å². The number of carbonyl (C=O) groups is 2. The summed E-state index contributed by atoms with van der Waals surface area (Å²) in [6.45, 7) is 4.84. The smallest absolute Gasteiger partial charge is 0.408 e. The minimum atomic E-state index is -3.58. The third-order valence-electron chi connectivity index (χ3n) is 10.3. The predicted molar refractivity (Wildman–Crippen MR) is 204 cm³/mol. The van der Waals surface area contributed by atoms with Gasteiger partial charge in [0.1, 0.15) is 12.4 Å². The number of hydrogen-bond donors (Lipinski definition) is 3. The van der Waals surface area contributed by atoms with Gasteiger partial charge >= 0.3 is 6.09 Å². The third kappa shape index (κ3) is 10.7. The van der Waals surface area contributed by atoms with E-state index in [2.05, 4.69) is 10.2 Å². The van der Waals surface area contributed by atoms with Crippen LogP contribution in [-0.4, -0.2) is 116 Å². The van der Waals surface area contributed by atoms with Gasteiger partial charge in [0.25, 0.3) is 0 Å². The molecule has 0 radical (unpaired) electrons. The number of aliphatic hydroxyl groups is 2. The molecule has 2 aliphatic heterocycles. The third-order valence-corrected chi connectivity index (χ3v) is 12.3. The van der Waals surface area contributed by atoms with E-state index >= 15 is 0 Å². The minimum absolute atomic E-state index is 0.0620. The number of nitrogens with zero attached hydrogens (tertiary/aromatic N) is 2. The number of sulfone groups is 1. The maximum absolute atomic E-state index is 14.4. The Hall–Kier alpha value is -4.27. The van der Waals surface area contributed by atoms with Gasteiger partial charge in [-0.25, -0.2) is 13.2 Å². The van der Waals surface area contributed by atoms with Crippen LogP contribution in [0.2, 0.25) is 0 Å². The van der Waals surface area contributed by atoms with E-state index in [1.807, 2.05) is 91.0 Å². The van der Waals surface area contributed by atoms with Crippen molar-refractivity contribution < 1.29 is 42.4 Å². The molecule has 13 heteroatoms. The molecule has 3 aromatic carbocycles. The van der Waals surface area contributed by atoms with Crippen LogP contribution < -0.4 is 10.1 Å². The number of nitrogens with one attached hydrogen (secondary N) is 1. The van der Waals surface area contributed by atoms with E-state index in [1.54, 1.807) is 4.90 Å². The van der Waals surface area contributed by atoms with Crippen LogP contribution in [0.5, 0.6) is 5.75 Å². The van der Waals surface area contributed by atoms with Crippen molar-refractivity contribution in [1.82, 2.24) is 15.1 Å². The molecule has 5 atom stereocenters. The number of hydrogen-bond acceptors (Lipinski definition) is 10. The lowest BCUT2D eigenvalue weighted by atomic mass is 9.98. The Morgan fingerprint density at radius 3 is 2.50 bits per heavy atom. The molecule has 2 heterocycles. The number of ether oxygens (including phenoxy) is 3. The number of alkyl carbamates (subject to hydrolysis) is 1. The molecule has 0 aromatic heterocycles. The van der Waals surface area contributed by atoms with Crippen molar-refractivity contribution in [2.75, 3.05) is 51.8 Å². The predicted octanol–water partition coefficient (Wildman–Crippen LogP) is 3.91. The molecule has 290 valence electrons. The Balaban J connectivity index is 1.16. The summed E-state index contributed by atoms with van der Waals surface area (Å²) in [6.07, 6.45) is 2.10. The summed E-state index contributed by atoms with van der Waals surface area (Å²) in [5.74, 6) is 0.298. The number of aliphatic hydroxyl groups excluding tert-OH is 2. The number of morpholine rings is 1. The van der Waals surface area contributed by atoms with Gasteiger partial charge in [-0.15, -0.1) is 0 Å². The van der Waals surface area contributed by atoms with Crippen molar-refractivity contribution >= 4 is 27.9 Å². The molecule has 0 spiro atoms. The summed E-state index contributed by atoms with van der Waals surface area (Å²) in [7, 11) is -3.58. The normalized spacial score (nSPS) is 22.0. The number of aryl methyl sites for hydroxylation is 1. The summed E-state index contributed by atoms with van der Waals surface area (Å²) < 4.78 is 41.4. The lowest BCUT2D eigenvalue weighted by molar-refractivity contribution is -0.136. The molecule has 54 heavy (non-hydrogen) atoms. The second-order valence-corrected chi connectivity index (χ2v) is 16.4. The molecule has 2 amide bonds. The minimum Gasteiger partial charge on any atom is -0.492 e. The van der Waals surface area contributed by atoms with Gasteiger partial charge in [-0.1, -0.05) is 78.9 Å². The van der Waals surface area contributed by atoms with E-state index in [1.165, 1.54) is 0 Å². The van der Waals surface area contributed by atoms with Crippen molar-refractivity contribution in [2.45, 2.75) is 68.3 Å². The summed E-state index contributed by atoms with van der Waals surface area (Å²) >= 11 is 0. The summed E-state index contributed by atoms with van der Waals surface area (Å²) in [4.78, 5) is 31.3. The monoisotopic (exact) mass is 761 g/mol. The van der Waals surface area contributed by atoms with Crippen LogP contribution in [0, 0.1) is 0 Å². The second-order valence-electron chi connectivity index (χ2n) is 14.1. The van der Waals surface area contributed by atoms with Gasteiger partial charge < -0.3 is 34.6 Å². The average Bonchev–Trinajstić information content (AvgIpc) is 3.69. The first kappa shape index (κ1) is 39.4. The van der Waals surface area contributed by atoms with Crippen LogP contribution in [0.1, 0.15) is 54.0 Å². The van der Waals surface area contributed by atoms with Gasteiger partial charge in [0, 0.05) is 45.4 Å². The maximum atomic E-state index is 14.4. The lowest BCUT2D eigenvalue weighted by Gasteiger charge is -2.33. The lowest BCUT2D eigenvalue weighted by Crippen LogP contribution is -2.49. The molecular formula is C41H51N3O9S. The molecule has 6 rings (SSSR count). The van der Waals surface area contributed by atoms with Crippen molar-refractivity contribution in [3.63, 3.8) is 0 Å². The largest absolute Gasteiger partial charge is 0.492 e. The fraction of sp³-hybridized carbons (Fsp3) is 0.463. The first-order valence-electron chi connectivity index (χ1n) is 18.8. The van der Waals surface area contributed by atoms with Gasteiger partial charge in [0.05, 0.1) is 43.3 Å². The summed E-state index contributed by atoms with van der Waals surface area (Å²) in [6, 6.07) is 23.1. The second kappa shape index (κ2) is 18.9. The summed E-state index contributed by atoms with van der Waals surface area (Å²) in [5.41, 5.74) is 2.39. The van der Waals surface area contributed by atoms with Crippen molar-refractivity contribution in [3.05, 3.63) is 107 Å². The average molecular weight is 762 g/mol. The quantitative estimate of drug-likeness (QED) is 0.196. The van der Waals surface area contributed by atoms with Crippen molar-refractivity contribution in [1.29, 1.82) is 0 Å². The molecule has 3 aromatic rings. The van der Waals surface area contributed by atoms with E-state index in [0.29, 0.717) is 25.9 Å². The topological polar surface area (TPSA) is 155 Å². The molecule has 1 unspecified atom stereocenters. The van der Waals surface area contributed by atoms with E-state index in [-0.39, 0.29) is 31.6 Å². The SMILES string of the molecule is O=C(N[C@@H](CC(=O)N(CC=Cc1ccc(OCCN2CCOCC2)cc1)[C@H]1c2ccccc2C[C@H]1O)[C@@H](O)CCc1ccccc1)OC1CCCS1(=O)=O. The van der Waals surface area contributed by atoms with Gasteiger partial charge in [-0.3, -0.25) is 9.69 Å². The Labute approximate surface area is 317 Å². The van der Waals surface area contributed by atoms with Crippen LogP contribution in [-0.2, 0) is 36.9 Å². The first-order valence-corrected chi connectivity index (χ1v) is 20.5. The van der Waals surface area contributed by atoms with Gasteiger partial charge in [-0.2, -0.15) is 0 Å². The number of benzene rings is 3. The number of carbonyl (C=O) groups excluding carboxylic acids is 2. The fourth-order valence-electron chi connectivity index (χ4n) is 7.34. The Morgan fingerprint density at radius 1 is 1.02 bits per heavy atom. The molecule has 3 aliphatic rings. The Bertz CT molecular complexity index is 1820. The van der Waals surface area contributed by atoms with Crippen molar-refractivity contribution in [2.24, 2.45) is 0 Å². The number of rotatable bonds is 16. The fourth-order valence-corrected chi connectivity index (χ4v) is 8.93. The zero-order valence-electron chi connectivity index (χ0n) is 30.5.